The van der Waals surface area contributed by atoms with Crippen LogP contribution in [0.5, 0.6) is 0 Å². The van der Waals surface area contributed by atoms with E-state index >= 15 is 0 Å². The van der Waals surface area contributed by atoms with Crippen molar-refractivity contribution in [2.75, 3.05) is 13.1 Å². The number of rotatable bonds is 6. The zero-order valence-electron chi connectivity index (χ0n) is 12.8. The number of aryl methyl sites for hydroxylation is 1. The highest BCUT2D eigenvalue weighted by Gasteiger charge is 2.24. The van der Waals surface area contributed by atoms with Crippen LogP contribution in [-0.4, -0.2) is 18.1 Å². The number of hydrogen-bond donors (Lipinski definition) is 1. The molecule has 1 N–H and O–H groups in total. The molecular formula is C16H28N2S. The van der Waals surface area contributed by atoms with Crippen molar-refractivity contribution in [3.8, 4) is 0 Å². The molecule has 0 aliphatic heterocycles. The van der Waals surface area contributed by atoms with E-state index in [9.17, 15) is 0 Å². The first-order valence-electron chi connectivity index (χ1n) is 7.75. The molecular weight excluding hydrogens is 252 g/mol. The van der Waals surface area contributed by atoms with Crippen molar-refractivity contribution >= 4 is 11.3 Å². The van der Waals surface area contributed by atoms with Crippen LogP contribution in [0.25, 0.3) is 0 Å². The van der Waals surface area contributed by atoms with Gasteiger partial charge in [-0.15, -0.1) is 11.3 Å². The van der Waals surface area contributed by atoms with E-state index in [-0.39, 0.29) is 0 Å². The molecule has 0 spiro atoms. The normalized spacial score (nSPS) is 19.2. The molecule has 0 fully saturated rings. The Balaban J connectivity index is 1.99. The van der Waals surface area contributed by atoms with E-state index in [2.05, 4.69) is 33.0 Å². The first-order chi connectivity index (χ1) is 9.06. The van der Waals surface area contributed by atoms with Crippen LogP contribution in [-0.2, 0) is 12.8 Å². The standard InChI is InChI=1S/C16H28N2S/c1-11(2)8-15-18-16-13(10-17-9-12(3)4)6-5-7-14(16)19-15/h11-13,17H,5-10H2,1-4H3. The summed E-state index contributed by atoms with van der Waals surface area (Å²) in [6, 6.07) is 0. The van der Waals surface area contributed by atoms with Crippen molar-refractivity contribution in [1.82, 2.24) is 10.3 Å². The third kappa shape index (κ3) is 4.28. The van der Waals surface area contributed by atoms with Crippen LogP contribution in [0.1, 0.15) is 62.0 Å². The Morgan fingerprint density at radius 3 is 2.74 bits per heavy atom. The Labute approximate surface area is 122 Å². The predicted octanol–water partition coefficient (Wildman–Crippen LogP) is 4.01. The zero-order chi connectivity index (χ0) is 13.8. The van der Waals surface area contributed by atoms with Gasteiger partial charge in [-0.05, 0) is 37.6 Å². The van der Waals surface area contributed by atoms with Crippen LogP contribution in [0.3, 0.4) is 0 Å². The van der Waals surface area contributed by atoms with Crippen molar-refractivity contribution in [3.63, 3.8) is 0 Å². The Morgan fingerprint density at radius 2 is 2.05 bits per heavy atom. The fourth-order valence-corrected chi connectivity index (χ4v) is 4.15. The van der Waals surface area contributed by atoms with E-state index in [1.54, 1.807) is 4.88 Å². The van der Waals surface area contributed by atoms with Crippen molar-refractivity contribution in [2.24, 2.45) is 11.8 Å². The summed E-state index contributed by atoms with van der Waals surface area (Å²) in [5.41, 5.74) is 1.42. The SMILES string of the molecule is CC(C)CNCC1CCCc2sc(CC(C)C)nc21. The molecule has 19 heavy (non-hydrogen) atoms. The van der Waals surface area contributed by atoms with Crippen molar-refractivity contribution < 1.29 is 0 Å². The van der Waals surface area contributed by atoms with Gasteiger partial charge in [0.15, 0.2) is 0 Å². The molecule has 108 valence electrons. The van der Waals surface area contributed by atoms with Crippen LogP contribution >= 0.6 is 11.3 Å². The zero-order valence-corrected chi connectivity index (χ0v) is 13.6. The maximum atomic E-state index is 4.95. The number of fused-ring (bicyclic) bond motifs is 1. The highest BCUT2D eigenvalue weighted by Crippen LogP contribution is 2.35. The molecule has 1 aromatic heterocycles. The molecule has 1 aliphatic carbocycles. The fourth-order valence-electron chi connectivity index (χ4n) is 2.74. The summed E-state index contributed by atoms with van der Waals surface area (Å²) in [5.74, 6) is 2.10. The first kappa shape index (κ1) is 15.0. The van der Waals surface area contributed by atoms with E-state index in [0.717, 1.165) is 25.4 Å². The highest BCUT2D eigenvalue weighted by molar-refractivity contribution is 7.11. The molecule has 1 atom stereocenters. The summed E-state index contributed by atoms with van der Waals surface area (Å²) >= 11 is 1.97. The van der Waals surface area contributed by atoms with Gasteiger partial charge in [-0.3, -0.25) is 0 Å². The second kappa shape index (κ2) is 6.85. The minimum absolute atomic E-state index is 0.652. The quantitative estimate of drug-likeness (QED) is 0.851. The maximum absolute atomic E-state index is 4.95. The molecule has 2 rings (SSSR count). The minimum atomic E-state index is 0.652. The summed E-state index contributed by atoms with van der Waals surface area (Å²) in [6.45, 7) is 11.3. The number of thiazole rings is 1. The Kier molecular flexibility index (Phi) is 5.40. The van der Waals surface area contributed by atoms with Gasteiger partial charge >= 0.3 is 0 Å². The molecule has 0 radical (unpaired) electrons. The summed E-state index contributed by atoms with van der Waals surface area (Å²) in [7, 11) is 0. The average molecular weight is 280 g/mol. The van der Waals surface area contributed by atoms with Crippen LogP contribution < -0.4 is 5.32 Å². The van der Waals surface area contributed by atoms with Gasteiger partial charge in [0.05, 0.1) is 10.7 Å². The lowest BCUT2D eigenvalue weighted by molar-refractivity contribution is 0.472. The van der Waals surface area contributed by atoms with Gasteiger partial charge in [0.25, 0.3) is 0 Å². The van der Waals surface area contributed by atoms with E-state index in [1.807, 2.05) is 11.3 Å². The molecule has 1 unspecified atom stereocenters. The summed E-state index contributed by atoms with van der Waals surface area (Å²) in [5, 5.41) is 4.97. The van der Waals surface area contributed by atoms with Gasteiger partial charge in [-0.2, -0.15) is 0 Å². The lowest BCUT2D eigenvalue weighted by Gasteiger charge is -2.22. The van der Waals surface area contributed by atoms with Gasteiger partial charge in [-0.1, -0.05) is 27.7 Å². The second-order valence-corrected chi connectivity index (χ2v) is 7.82. The van der Waals surface area contributed by atoms with Gasteiger partial charge in [0.2, 0.25) is 0 Å². The molecule has 0 aromatic carbocycles. The van der Waals surface area contributed by atoms with Gasteiger partial charge < -0.3 is 5.32 Å². The molecule has 1 heterocycles. The van der Waals surface area contributed by atoms with Crippen LogP contribution in [0.4, 0.5) is 0 Å². The predicted molar refractivity (Wildman–Crippen MR) is 84.0 cm³/mol. The molecule has 0 amide bonds. The van der Waals surface area contributed by atoms with Gasteiger partial charge in [-0.25, -0.2) is 4.98 Å². The summed E-state index contributed by atoms with van der Waals surface area (Å²) in [4.78, 5) is 6.52. The average Bonchev–Trinajstić information content (AvgIpc) is 2.70. The van der Waals surface area contributed by atoms with Crippen LogP contribution in [0, 0.1) is 11.8 Å². The number of aromatic nitrogens is 1. The highest BCUT2D eigenvalue weighted by atomic mass is 32.1. The fraction of sp³-hybridized carbons (Fsp3) is 0.812. The monoisotopic (exact) mass is 280 g/mol. The van der Waals surface area contributed by atoms with Crippen LogP contribution in [0.15, 0.2) is 0 Å². The summed E-state index contributed by atoms with van der Waals surface area (Å²) in [6.07, 6.45) is 5.04. The third-order valence-electron chi connectivity index (χ3n) is 3.64. The smallest absolute Gasteiger partial charge is 0.0933 e. The van der Waals surface area contributed by atoms with Crippen molar-refractivity contribution in [2.45, 2.75) is 59.3 Å². The van der Waals surface area contributed by atoms with Gasteiger partial charge in [0.1, 0.15) is 0 Å². The van der Waals surface area contributed by atoms with E-state index < -0.39 is 0 Å². The minimum Gasteiger partial charge on any atom is -0.316 e. The maximum Gasteiger partial charge on any atom is 0.0933 e. The molecule has 1 aromatic rings. The summed E-state index contributed by atoms with van der Waals surface area (Å²) < 4.78 is 0. The lowest BCUT2D eigenvalue weighted by atomic mass is 9.91. The largest absolute Gasteiger partial charge is 0.316 e. The lowest BCUT2D eigenvalue weighted by Crippen LogP contribution is -2.27. The molecule has 0 bridgehead atoms. The number of hydrogen-bond acceptors (Lipinski definition) is 3. The molecule has 0 saturated heterocycles. The Bertz CT molecular complexity index is 395. The number of nitrogens with zero attached hydrogens (tertiary/aromatic N) is 1. The van der Waals surface area contributed by atoms with Gasteiger partial charge in [0, 0.05) is 23.8 Å². The Morgan fingerprint density at radius 1 is 1.26 bits per heavy atom. The van der Waals surface area contributed by atoms with E-state index in [0.29, 0.717) is 11.8 Å². The first-order valence-corrected chi connectivity index (χ1v) is 8.57. The van der Waals surface area contributed by atoms with Crippen molar-refractivity contribution in [1.29, 1.82) is 0 Å². The molecule has 3 heteroatoms. The molecule has 2 nitrogen and oxygen atoms in total. The topological polar surface area (TPSA) is 24.9 Å². The Hall–Kier alpha value is -0.410. The van der Waals surface area contributed by atoms with Crippen LogP contribution in [0.2, 0.25) is 0 Å². The number of nitrogens with one attached hydrogen (secondary N) is 1. The molecule has 1 aliphatic rings. The van der Waals surface area contributed by atoms with E-state index in [4.69, 9.17) is 4.98 Å². The third-order valence-corrected chi connectivity index (χ3v) is 4.79. The van der Waals surface area contributed by atoms with E-state index in [1.165, 1.54) is 30.0 Å². The van der Waals surface area contributed by atoms with Crippen molar-refractivity contribution in [3.05, 3.63) is 15.6 Å². The second-order valence-electron chi connectivity index (χ2n) is 6.66. The molecule has 0 saturated carbocycles.